The van der Waals surface area contributed by atoms with Crippen LogP contribution in [0.3, 0.4) is 0 Å². The van der Waals surface area contributed by atoms with Crippen LogP contribution in [0.1, 0.15) is 11.1 Å². The molecule has 0 aliphatic rings. The molecule has 174 valence electrons. The Morgan fingerprint density at radius 1 is 0.474 bits per heavy atom. The third-order valence-electron chi connectivity index (χ3n) is 7.49. The lowest BCUT2D eigenvalue weighted by atomic mass is 9.94. The van der Waals surface area contributed by atoms with Crippen LogP contribution >= 0.6 is 0 Å². The van der Waals surface area contributed by atoms with Gasteiger partial charge >= 0.3 is 0 Å². The van der Waals surface area contributed by atoms with Gasteiger partial charge in [-0.15, -0.1) is 0 Å². The number of nitriles is 2. The summed E-state index contributed by atoms with van der Waals surface area (Å²) in [6.45, 7) is 0. The first kappa shape index (κ1) is 22.0. The lowest BCUT2D eigenvalue weighted by Gasteiger charge is -2.18. The molecule has 0 unspecified atom stereocenters. The summed E-state index contributed by atoms with van der Waals surface area (Å²) in [6, 6.07) is 38.0. The van der Waals surface area contributed by atoms with Crippen molar-refractivity contribution in [1.29, 1.82) is 10.5 Å². The van der Waals surface area contributed by atoms with Crippen molar-refractivity contribution in [3.63, 3.8) is 0 Å². The lowest BCUT2D eigenvalue weighted by Crippen LogP contribution is -2.07. The highest BCUT2D eigenvalue weighted by molar-refractivity contribution is 6.34. The van der Waals surface area contributed by atoms with Crippen molar-refractivity contribution in [2.45, 2.75) is 0 Å². The molecule has 0 aliphatic carbocycles. The van der Waals surface area contributed by atoms with E-state index >= 15 is 0 Å². The fourth-order valence-electron chi connectivity index (χ4n) is 5.81. The maximum Gasteiger partial charge on any atom is 0.139 e. The van der Waals surface area contributed by atoms with Crippen LogP contribution in [0.25, 0.3) is 55.0 Å². The summed E-state index contributed by atoms with van der Waals surface area (Å²) in [5.41, 5.74) is 9.05. The number of aromatic nitrogens is 2. The van der Waals surface area contributed by atoms with E-state index in [9.17, 15) is 10.5 Å². The number of hydrogen-bond donors (Lipinski definition) is 0. The van der Waals surface area contributed by atoms with E-state index in [1.165, 1.54) is 10.9 Å². The van der Waals surface area contributed by atoms with Gasteiger partial charge in [-0.25, -0.2) is 0 Å². The molecule has 0 fully saturated rings. The molecule has 0 saturated carbocycles. The molecular formula is C32H20B2N4. The fourth-order valence-corrected chi connectivity index (χ4v) is 5.81. The number of para-hydroxylation sites is 2. The van der Waals surface area contributed by atoms with Gasteiger partial charge in [0.15, 0.2) is 0 Å². The standard InChI is InChI=1S/C32H20B2N4/c33-21-9-11-29-25(15-21)23-5-1-3-7-27(23)37(29)31-13-19(17-35)20(18-36)14-32(31)38-28-8-4-2-6-24(28)26-16-22(34)10-12-30(26)38/h1-16H,33-34H2. The third-order valence-corrected chi connectivity index (χ3v) is 7.49. The zero-order chi connectivity index (χ0) is 26.0. The van der Waals surface area contributed by atoms with E-state index in [1.807, 2.05) is 24.3 Å². The van der Waals surface area contributed by atoms with E-state index in [2.05, 4.69) is 110 Å². The summed E-state index contributed by atoms with van der Waals surface area (Å²) in [6.07, 6.45) is 0. The molecule has 7 rings (SSSR count). The predicted octanol–water partition coefficient (Wildman–Crippen LogP) is 4.14. The van der Waals surface area contributed by atoms with E-state index in [0.717, 1.165) is 55.0 Å². The van der Waals surface area contributed by atoms with Crippen LogP contribution in [-0.4, -0.2) is 24.8 Å². The van der Waals surface area contributed by atoms with Crippen LogP contribution in [0.5, 0.6) is 0 Å². The van der Waals surface area contributed by atoms with Gasteiger partial charge in [-0.2, -0.15) is 10.5 Å². The summed E-state index contributed by atoms with van der Waals surface area (Å²) in [5, 5.41) is 24.6. The number of hydrogen-bond acceptors (Lipinski definition) is 2. The largest absolute Gasteiger partial charge is 0.307 e. The summed E-state index contributed by atoms with van der Waals surface area (Å²) in [4.78, 5) is 0. The number of rotatable bonds is 2. The van der Waals surface area contributed by atoms with E-state index in [0.29, 0.717) is 11.1 Å². The molecule has 38 heavy (non-hydrogen) atoms. The highest BCUT2D eigenvalue weighted by atomic mass is 15.1. The first-order valence-corrected chi connectivity index (χ1v) is 12.6. The maximum absolute atomic E-state index is 10.0. The second kappa shape index (κ2) is 8.17. The van der Waals surface area contributed by atoms with Gasteiger partial charge in [-0.05, 0) is 36.4 Å². The van der Waals surface area contributed by atoms with Crippen molar-refractivity contribution in [2.75, 3.05) is 0 Å². The zero-order valence-corrected chi connectivity index (χ0v) is 21.0. The monoisotopic (exact) mass is 482 g/mol. The highest BCUT2D eigenvalue weighted by Crippen LogP contribution is 2.38. The maximum atomic E-state index is 10.0. The van der Waals surface area contributed by atoms with E-state index in [1.54, 1.807) is 0 Å². The van der Waals surface area contributed by atoms with Gasteiger partial charge in [-0.1, -0.05) is 71.6 Å². The van der Waals surface area contributed by atoms with Gasteiger partial charge in [0, 0.05) is 21.5 Å². The van der Waals surface area contributed by atoms with E-state index in [-0.39, 0.29) is 0 Å². The van der Waals surface area contributed by atoms with Crippen molar-refractivity contribution in [1.82, 2.24) is 9.13 Å². The minimum atomic E-state index is 0.362. The molecule has 0 aliphatic heterocycles. The Morgan fingerprint density at radius 3 is 1.29 bits per heavy atom. The van der Waals surface area contributed by atoms with Crippen LogP contribution < -0.4 is 10.9 Å². The van der Waals surface area contributed by atoms with Gasteiger partial charge < -0.3 is 9.13 Å². The molecule has 0 radical (unpaired) electrons. The molecule has 6 heteroatoms. The molecule has 0 atom stereocenters. The number of nitrogens with zero attached hydrogens (tertiary/aromatic N) is 4. The summed E-state index contributed by atoms with van der Waals surface area (Å²) >= 11 is 0. The second-order valence-electron chi connectivity index (χ2n) is 9.86. The quantitative estimate of drug-likeness (QED) is 0.348. The Hall–Kier alpha value is -5.19. The van der Waals surface area contributed by atoms with Gasteiger partial charge in [0.05, 0.1) is 44.6 Å². The predicted molar refractivity (Wildman–Crippen MR) is 161 cm³/mol. The van der Waals surface area contributed by atoms with Crippen LogP contribution in [0.15, 0.2) is 97.1 Å². The molecule has 2 heterocycles. The molecule has 0 spiro atoms. The Morgan fingerprint density at radius 2 is 0.868 bits per heavy atom. The average Bonchev–Trinajstić information content (AvgIpc) is 3.44. The molecule has 4 nitrogen and oxygen atoms in total. The molecule has 0 bridgehead atoms. The highest BCUT2D eigenvalue weighted by Gasteiger charge is 2.21. The molecule has 0 saturated heterocycles. The first-order chi connectivity index (χ1) is 18.6. The van der Waals surface area contributed by atoms with Gasteiger partial charge in [0.2, 0.25) is 0 Å². The summed E-state index contributed by atoms with van der Waals surface area (Å²) < 4.78 is 4.46. The third kappa shape index (κ3) is 3.05. The van der Waals surface area contributed by atoms with Crippen molar-refractivity contribution in [2.24, 2.45) is 0 Å². The Balaban J connectivity index is 1.71. The zero-order valence-electron chi connectivity index (χ0n) is 21.0. The number of fused-ring (bicyclic) bond motifs is 6. The van der Waals surface area contributed by atoms with Crippen molar-refractivity contribution < 1.29 is 0 Å². The van der Waals surface area contributed by atoms with Crippen molar-refractivity contribution >= 4 is 70.2 Å². The van der Waals surface area contributed by atoms with Crippen LogP contribution in [-0.2, 0) is 0 Å². The van der Waals surface area contributed by atoms with Crippen LogP contribution in [0.2, 0.25) is 0 Å². The first-order valence-electron chi connectivity index (χ1n) is 12.6. The second-order valence-corrected chi connectivity index (χ2v) is 9.86. The fraction of sp³-hybridized carbons (Fsp3) is 0. The van der Waals surface area contributed by atoms with E-state index in [4.69, 9.17) is 0 Å². The summed E-state index contributed by atoms with van der Waals surface area (Å²) in [7, 11) is 4.21. The normalized spacial score (nSPS) is 11.3. The summed E-state index contributed by atoms with van der Waals surface area (Å²) in [5.74, 6) is 0. The topological polar surface area (TPSA) is 57.4 Å². The smallest absolute Gasteiger partial charge is 0.139 e. The van der Waals surface area contributed by atoms with Gasteiger partial charge in [0.25, 0.3) is 0 Å². The average molecular weight is 482 g/mol. The van der Waals surface area contributed by atoms with Crippen molar-refractivity contribution in [3.05, 3.63) is 108 Å². The molecule has 7 aromatic rings. The SMILES string of the molecule is Bc1ccc2c(c1)c1ccccc1n2-c1cc(C#N)c(C#N)cc1-n1c2ccccc2c2cc(B)ccc21. The Kier molecular flexibility index (Phi) is 4.74. The molecule has 0 N–H and O–H groups in total. The number of benzene rings is 5. The Bertz CT molecular complexity index is 2030. The van der Waals surface area contributed by atoms with Crippen LogP contribution in [0.4, 0.5) is 0 Å². The molecule has 0 amide bonds. The Labute approximate surface area is 221 Å². The molecule has 2 aromatic heterocycles. The van der Waals surface area contributed by atoms with E-state index < -0.39 is 0 Å². The van der Waals surface area contributed by atoms with Crippen molar-refractivity contribution in [3.8, 4) is 23.5 Å². The lowest BCUT2D eigenvalue weighted by molar-refractivity contribution is 1.09. The minimum absolute atomic E-state index is 0.362. The van der Waals surface area contributed by atoms with Crippen LogP contribution in [0, 0.1) is 22.7 Å². The molecular weight excluding hydrogens is 462 g/mol. The molecule has 5 aromatic carbocycles. The van der Waals surface area contributed by atoms with Gasteiger partial charge in [-0.3, -0.25) is 0 Å². The van der Waals surface area contributed by atoms with Gasteiger partial charge in [0.1, 0.15) is 27.8 Å². The minimum Gasteiger partial charge on any atom is -0.307 e.